The van der Waals surface area contributed by atoms with Crippen LogP contribution in [0.5, 0.6) is 0 Å². The highest BCUT2D eigenvalue weighted by Crippen LogP contribution is 2.22. The van der Waals surface area contributed by atoms with E-state index >= 15 is 0 Å². The molecular weight excluding hydrogens is 288 g/mol. The van der Waals surface area contributed by atoms with E-state index < -0.39 is 0 Å². The Morgan fingerprint density at radius 2 is 1.71 bits per heavy atom. The van der Waals surface area contributed by atoms with Gasteiger partial charge in [-0.2, -0.15) is 0 Å². The van der Waals surface area contributed by atoms with Crippen LogP contribution in [0, 0.1) is 0 Å². The van der Waals surface area contributed by atoms with Crippen LogP contribution in [0.1, 0.15) is 36.0 Å². The van der Waals surface area contributed by atoms with Gasteiger partial charge in [0.15, 0.2) is 5.78 Å². The van der Waals surface area contributed by atoms with Gasteiger partial charge in [0, 0.05) is 28.7 Å². The zero-order chi connectivity index (χ0) is 14.8. The standard InChI is InChI=1S/C16H17ClN2O2/c17-11-7-5-10(6-8-11)15(20)9-14-16(21)19-13-4-2-1-3-12(13)18-14/h5-9,12-13,18H,1-4H2,(H,19,21). The molecule has 0 bridgehead atoms. The molecule has 21 heavy (non-hydrogen) atoms. The monoisotopic (exact) mass is 304 g/mol. The Kier molecular flexibility index (Phi) is 3.97. The molecule has 4 nitrogen and oxygen atoms in total. The van der Waals surface area contributed by atoms with E-state index in [4.69, 9.17) is 11.6 Å². The largest absolute Gasteiger partial charge is 0.376 e. The number of amides is 1. The molecule has 1 aliphatic heterocycles. The Hall–Kier alpha value is -1.81. The molecule has 1 amide bonds. The van der Waals surface area contributed by atoms with Crippen molar-refractivity contribution in [3.63, 3.8) is 0 Å². The SMILES string of the molecule is O=C1NC2CCCCC2NC1=CC(=O)c1ccc(Cl)cc1. The Balaban J connectivity index is 1.77. The Bertz CT molecular complexity index is 595. The minimum absolute atomic E-state index is 0.189. The maximum absolute atomic E-state index is 12.2. The molecule has 1 aliphatic carbocycles. The molecule has 110 valence electrons. The zero-order valence-corrected chi connectivity index (χ0v) is 12.3. The van der Waals surface area contributed by atoms with E-state index in [1.807, 2.05) is 0 Å². The number of hydrogen-bond acceptors (Lipinski definition) is 3. The average molecular weight is 305 g/mol. The van der Waals surface area contributed by atoms with Crippen molar-refractivity contribution in [2.45, 2.75) is 37.8 Å². The fourth-order valence-corrected chi connectivity index (χ4v) is 3.05. The van der Waals surface area contributed by atoms with Gasteiger partial charge in [-0.05, 0) is 37.1 Å². The normalized spacial score (nSPS) is 26.7. The van der Waals surface area contributed by atoms with Crippen LogP contribution < -0.4 is 10.6 Å². The van der Waals surface area contributed by atoms with Crippen LogP contribution in [0.25, 0.3) is 0 Å². The minimum atomic E-state index is -0.196. The highest BCUT2D eigenvalue weighted by molar-refractivity contribution is 6.30. The topological polar surface area (TPSA) is 58.2 Å². The number of allylic oxidation sites excluding steroid dienone is 1. The van der Waals surface area contributed by atoms with Crippen LogP contribution in [-0.4, -0.2) is 23.8 Å². The molecule has 1 heterocycles. The van der Waals surface area contributed by atoms with Crippen molar-refractivity contribution in [1.29, 1.82) is 0 Å². The highest BCUT2D eigenvalue weighted by atomic mass is 35.5. The van der Waals surface area contributed by atoms with Gasteiger partial charge >= 0.3 is 0 Å². The zero-order valence-electron chi connectivity index (χ0n) is 11.6. The number of halogens is 1. The first kappa shape index (κ1) is 14.1. The van der Waals surface area contributed by atoms with Gasteiger partial charge in [0.25, 0.3) is 5.91 Å². The summed E-state index contributed by atoms with van der Waals surface area (Å²) < 4.78 is 0. The third kappa shape index (κ3) is 3.10. The first-order chi connectivity index (χ1) is 10.1. The van der Waals surface area contributed by atoms with Gasteiger partial charge in [0.1, 0.15) is 5.70 Å². The number of ketones is 1. The van der Waals surface area contributed by atoms with Gasteiger partial charge in [-0.1, -0.05) is 24.4 Å². The molecular formula is C16H17ClN2O2. The molecule has 2 fully saturated rings. The van der Waals surface area contributed by atoms with Crippen LogP contribution in [0.15, 0.2) is 36.0 Å². The fourth-order valence-electron chi connectivity index (χ4n) is 2.92. The first-order valence-corrected chi connectivity index (χ1v) is 7.60. The van der Waals surface area contributed by atoms with Crippen molar-refractivity contribution >= 4 is 23.3 Å². The number of piperazine rings is 1. The van der Waals surface area contributed by atoms with Crippen LogP contribution in [-0.2, 0) is 4.79 Å². The quantitative estimate of drug-likeness (QED) is 0.652. The maximum Gasteiger partial charge on any atom is 0.267 e. The third-order valence-corrected chi connectivity index (χ3v) is 4.32. The number of carbonyl (C=O) groups excluding carboxylic acids is 2. The summed E-state index contributed by atoms with van der Waals surface area (Å²) in [6.45, 7) is 0. The van der Waals surface area contributed by atoms with E-state index in [0.717, 1.165) is 25.7 Å². The minimum Gasteiger partial charge on any atom is -0.376 e. The molecule has 1 saturated heterocycles. The second-order valence-corrected chi connectivity index (χ2v) is 5.98. The maximum atomic E-state index is 12.2. The van der Waals surface area contributed by atoms with Gasteiger partial charge in [-0.15, -0.1) is 0 Å². The van der Waals surface area contributed by atoms with E-state index in [1.54, 1.807) is 24.3 Å². The summed E-state index contributed by atoms with van der Waals surface area (Å²) in [6, 6.07) is 7.07. The van der Waals surface area contributed by atoms with E-state index in [0.29, 0.717) is 16.3 Å². The van der Waals surface area contributed by atoms with Crippen molar-refractivity contribution in [1.82, 2.24) is 10.6 Å². The van der Waals surface area contributed by atoms with Gasteiger partial charge < -0.3 is 10.6 Å². The fraction of sp³-hybridized carbons (Fsp3) is 0.375. The lowest BCUT2D eigenvalue weighted by atomic mass is 9.88. The van der Waals surface area contributed by atoms with Crippen LogP contribution >= 0.6 is 11.6 Å². The second kappa shape index (κ2) is 5.90. The average Bonchev–Trinajstić information content (AvgIpc) is 2.48. The van der Waals surface area contributed by atoms with Crippen LogP contribution in [0.4, 0.5) is 0 Å². The van der Waals surface area contributed by atoms with Crippen molar-refractivity contribution < 1.29 is 9.59 Å². The molecule has 1 saturated carbocycles. The lowest BCUT2D eigenvalue weighted by molar-refractivity contribution is -0.120. The summed E-state index contributed by atoms with van der Waals surface area (Å²) in [4.78, 5) is 24.2. The molecule has 1 aromatic carbocycles. The number of nitrogens with one attached hydrogen (secondary N) is 2. The van der Waals surface area contributed by atoms with Gasteiger partial charge in [-0.25, -0.2) is 0 Å². The Morgan fingerprint density at radius 3 is 2.38 bits per heavy atom. The lowest BCUT2D eigenvalue weighted by Crippen LogP contribution is -2.58. The Morgan fingerprint density at radius 1 is 1.10 bits per heavy atom. The van der Waals surface area contributed by atoms with Gasteiger partial charge in [0.05, 0.1) is 0 Å². The molecule has 2 N–H and O–H groups in total. The van der Waals surface area contributed by atoms with Crippen molar-refractivity contribution in [2.24, 2.45) is 0 Å². The molecule has 0 radical (unpaired) electrons. The molecule has 2 aliphatic rings. The number of hydrogen-bond donors (Lipinski definition) is 2. The predicted octanol–water partition coefficient (Wildman–Crippen LogP) is 2.44. The van der Waals surface area contributed by atoms with E-state index in [1.165, 1.54) is 6.08 Å². The number of fused-ring (bicyclic) bond motifs is 1. The molecule has 1 aromatic rings. The summed E-state index contributed by atoms with van der Waals surface area (Å²) in [5, 5.41) is 6.79. The van der Waals surface area contributed by atoms with Gasteiger partial charge in [0.2, 0.25) is 0 Å². The molecule has 5 heteroatoms. The molecule has 0 aromatic heterocycles. The molecule has 0 spiro atoms. The molecule has 2 atom stereocenters. The highest BCUT2D eigenvalue weighted by Gasteiger charge is 2.33. The number of benzene rings is 1. The van der Waals surface area contributed by atoms with E-state index in [2.05, 4.69) is 10.6 Å². The summed E-state index contributed by atoms with van der Waals surface area (Å²) in [5.41, 5.74) is 0.880. The summed E-state index contributed by atoms with van der Waals surface area (Å²) in [7, 11) is 0. The number of carbonyl (C=O) groups is 2. The lowest BCUT2D eigenvalue weighted by Gasteiger charge is -2.38. The Labute approximate surface area is 128 Å². The van der Waals surface area contributed by atoms with E-state index in [9.17, 15) is 9.59 Å². The third-order valence-electron chi connectivity index (χ3n) is 4.07. The summed E-state index contributed by atoms with van der Waals surface area (Å²) in [5.74, 6) is -0.390. The predicted molar refractivity (Wildman–Crippen MR) is 81.2 cm³/mol. The van der Waals surface area contributed by atoms with Crippen LogP contribution in [0.3, 0.4) is 0 Å². The first-order valence-electron chi connectivity index (χ1n) is 7.22. The van der Waals surface area contributed by atoms with Gasteiger partial charge in [-0.3, -0.25) is 9.59 Å². The van der Waals surface area contributed by atoms with Crippen LogP contribution in [0.2, 0.25) is 5.02 Å². The van der Waals surface area contributed by atoms with Crippen molar-refractivity contribution in [3.05, 3.63) is 46.6 Å². The molecule has 3 rings (SSSR count). The summed E-state index contributed by atoms with van der Waals surface area (Å²) in [6.07, 6.45) is 5.71. The number of rotatable bonds is 2. The van der Waals surface area contributed by atoms with Crippen molar-refractivity contribution in [3.8, 4) is 0 Å². The van der Waals surface area contributed by atoms with Crippen molar-refractivity contribution in [2.75, 3.05) is 0 Å². The van der Waals surface area contributed by atoms with E-state index in [-0.39, 0.29) is 23.8 Å². The smallest absolute Gasteiger partial charge is 0.267 e. The second-order valence-electron chi connectivity index (χ2n) is 5.54. The summed E-state index contributed by atoms with van der Waals surface area (Å²) >= 11 is 5.80. The molecule has 2 unspecified atom stereocenters.